The molecule has 0 bridgehead atoms. The summed E-state index contributed by atoms with van der Waals surface area (Å²) in [5.41, 5.74) is 0.721. The summed E-state index contributed by atoms with van der Waals surface area (Å²) in [7, 11) is 0. The van der Waals surface area contributed by atoms with E-state index >= 15 is 0 Å². The van der Waals surface area contributed by atoms with Gasteiger partial charge in [-0.2, -0.15) is 0 Å². The van der Waals surface area contributed by atoms with E-state index in [0.29, 0.717) is 30.1 Å². The van der Waals surface area contributed by atoms with Crippen molar-refractivity contribution >= 4 is 23.3 Å². The molecule has 1 fully saturated rings. The Kier molecular flexibility index (Phi) is 7.46. The zero-order valence-electron chi connectivity index (χ0n) is 17.4. The molecular weight excluding hydrogens is 389 g/mol. The molecule has 3 amide bonds. The number of aryl methyl sites for hydroxylation is 1. The van der Waals surface area contributed by atoms with Gasteiger partial charge >= 0.3 is 6.03 Å². The Labute approximate surface area is 175 Å². The first-order valence-corrected chi connectivity index (χ1v) is 10.3. The van der Waals surface area contributed by atoms with Crippen LogP contribution >= 0.6 is 0 Å². The molecule has 1 saturated heterocycles. The minimum atomic E-state index is -0.590. The Bertz CT molecular complexity index is 883. The van der Waals surface area contributed by atoms with Crippen molar-refractivity contribution in [1.82, 2.24) is 4.90 Å². The average molecular weight is 417 g/mol. The number of benzene rings is 1. The lowest BCUT2D eigenvalue weighted by Crippen LogP contribution is -2.36. The largest absolute Gasteiger partial charge is 0.469 e. The maximum atomic E-state index is 14.2. The number of hydrogen-bond acceptors (Lipinski definition) is 4. The number of urea groups is 1. The molecule has 1 aliphatic rings. The van der Waals surface area contributed by atoms with Crippen LogP contribution in [0.15, 0.2) is 34.9 Å². The van der Waals surface area contributed by atoms with Gasteiger partial charge in [0.25, 0.3) is 5.91 Å². The number of likely N-dealkylation sites (tertiary alicyclic amines) is 1. The Morgan fingerprint density at radius 2 is 2.07 bits per heavy atom. The Hall–Kier alpha value is -2.87. The van der Waals surface area contributed by atoms with Crippen LogP contribution in [0, 0.1) is 12.7 Å². The smallest absolute Gasteiger partial charge is 0.321 e. The van der Waals surface area contributed by atoms with Crippen molar-refractivity contribution < 1.29 is 23.1 Å². The minimum Gasteiger partial charge on any atom is -0.469 e. The predicted molar refractivity (Wildman–Crippen MR) is 112 cm³/mol. The van der Waals surface area contributed by atoms with E-state index in [2.05, 4.69) is 17.6 Å². The van der Waals surface area contributed by atoms with Gasteiger partial charge in [-0.15, -0.1) is 0 Å². The van der Waals surface area contributed by atoms with Crippen molar-refractivity contribution in [2.45, 2.75) is 45.6 Å². The van der Waals surface area contributed by atoms with Crippen LogP contribution in [0.4, 0.5) is 20.6 Å². The molecule has 3 rings (SSSR count). The zero-order chi connectivity index (χ0) is 21.5. The summed E-state index contributed by atoms with van der Waals surface area (Å²) in [6.45, 7) is 5.71. The Morgan fingerprint density at radius 3 is 2.80 bits per heavy atom. The first-order chi connectivity index (χ1) is 14.5. The second-order valence-corrected chi connectivity index (χ2v) is 7.38. The molecule has 1 aromatic heterocycles. The molecule has 7 nitrogen and oxygen atoms in total. The van der Waals surface area contributed by atoms with E-state index in [-0.39, 0.29) is 17.8 Å². The Morgan fingerprint density at radius 1 is 1.23 bits per heavy atom. The summed E-state index contributed by atoms with van der Waals surface area (Å²) in [6, 6.07) is 5.36. The number of anilines is 2. The van der Waals surface area contributed by atoms with Crippen molar-refractivity contribution in [1.29, 1.82) is 0 Å². The summed E-state index contributed by atoms with van der Waals surface area (Å²) in [4.78, 5) is 26.7. The summed E-state index contributed by atoms with van der Waals surface area (Å²) < 4.78 is 25.1. The second kappa shape index (κ2) is 10.2. The molecule has 2 heterocycles. The number of furan rings is 1. The Balaban J connectivity index is 1.61. The number of nitrogens with zero attached hydrogens (tertiary/aromatic N) is 1. The number of rotatable bonds is 6. The standard InChI is InChI=1S/C22H28FN3O4/c1-3-12-30-17-5-4-10-26(11-8-17)22(28)24-16-6-7-19(23)20(14-16)25-21(27)18-9-13-29-15(18)2/h6-7,9,13-14,17H,3-5,8,10-12H2,1-2H3,(H,24,28)(H,25,27). The van der Waals surface area contributed by atoms with E-state index in [4.69, 9.17) is 9.15 Å². The lowest BCUT2D eigenvalue weighted by Gasteiger charge is -2.21. The van der Waals surface area contributed by atoms with Gasteiger partial charge in [-0.25, -0.2) is 9.18 Å². The highest BCUT2D eigenvalue weighted by atomic mass is 19.1. The number of halogens is 1. The molecule has 2 aromatic rings. The third-order valence-corrected chi connectivity index (χ3v) is 5.09. The fraction of sp³-hybridized carbons (Fsp3) is 0.455. The SMILES string of the molecule is CCCOC1CCCN(C(=O)Nc2ccc(F)c(NC(=O)c3ccoc3C)c2)CC1. The molecule has 0 saturated carbocycles. The van der Waals surface area contributed by atoms with E-state index in [1.807, 2.05) is 0 Å². The molecule has 0 aliphatic carbocycles. The molecule has 162 valence electrons. The normalized spacial score (nSPS) is 16.8. The van der Waals surface area contributed by atoms with E-state index in [1.54, 1.807) is 11.8 Å². The highest BCUT2D eigenvalue weighted by molar-refractivity contribution is 6.05. The molecule has 2 N–H and O–H groups in total. The van der Waals surface area contributed by atoms with E-state index in [0.717, 1.165) is 32.3 Å². The van der Waals surface area contributed by atoms with Crippen molar-refractivity contribution in [3.63, 3.8) is 0 Å². The van der Waals surface area contributed by atoms with Gasteiger partial charge in [0, 0.05) is 25.4 Å². The molecule has 8 heteroatoms. The molecular formula is C22H28FN3O4. The van der Waals surface area contributed by atoms with E-state index in [1.165, 1.54) is 30.5 Å². The molecule has 0 spiro atoms. The first kappa shape index (κ1) is 21.8. The highest BCUT2D eigenvalue weighted by Gasteiger charge is 2.21. The van der Waals surface area contributed by atoms with Crippen molar-refractivity contribution in [2.75, 3.05) is 30.3 Å². The van der Waals surface area contributed by atoms with E-state index in [9.17, 15) is 14.0 Å². The van der Waals surface area contributed by atoms with Crippen LogP contribution in [-0.4, -0.2) is 42.6 Å². The fourth-order valence-corrected chi connectivity index (χ4v) is 3.43. The molecule has 0 radical (unpaired) electrons. The number of amides is 3. The van der Waals surface area contributed by atoms with Crippen LogP contribution in [0.1, 0.15) is 48.7 Å². The van der Waals surface area contributed by atoms with Crippen LogP contribution in [0.2, 0.25) is 0 Å². The maximum absolute atomic E-state index is 14.2. The van der Waals surface area contributed by atoms with Crippen LogP contribution in [0.5, 0.6) is 0 Å². The van der Waals surface area contributed by atoms with Gasteiger partial charge in [0.1, 0.15) is 11.6 Å². The van der Waals surface area contributed by atoms with Gasteiger partial charge in [-0.1, -0.05) is 6.92 Å². The van der Waals surface area contributed by atoms with Crippen molar-refractivity contribution in [3.05, 3.63) is 47.7 Å². The lowest BCUT2D eigenvalue weighted by atomic mass is 10.2. The fourth-order valence-electron chi connectivity index (χ4n) is 3.43. The number of carbonyl (C=O) groups is 2. The van der Waals surface area contributed by atoms with Gasteiger partial charge in [0.2, 0.25) is 0 Å². The third-order valence-electron chi connectivity index (χ3n) is 5.09. The molecule has 1 aliphatic heterocycles. The summed E-state index contributed by atoms with van der Waals surface area (Å²) in [6.07, 6.45) is 5.16. The van der Waals surface area contributed by atoms with Crippen molar-refractivity contribution in [3.8, 4) is 0 Å². The van der Waals surface area contributed by atoms with Crippen LogP contribution in [-0.2, 0) is 4.74 Å². The number of nitrogens with one attached hydrogen (secondary N) is 2. The zero-order valence-corrected chi connectivity index (χ0v) is 17.4. The number of hydrogen-bond donors (Lipinski definition) is 2. The molecule has 30 heavy (non-hydrogen) atoms. The van der Waals surface area contributed by atoms with Gasteiger partial charge in [-0.3, -0.25) is 4.79 Å². The van der Waals surface area contributed by atoms with Gasteiger partial charge in [-0.05, 0) is 56.9 Å². The summed E-state index contributed by atoms with van der Waals surface area (Å²) in [5, 5.41) is 5.32. The minimum absolute atomic E-state index is 0.0118. The topological polar surface area (TPSA) is 83.8 Å². The summed E-state index contributed by atoms with van der Waals surface area (Å²) in [5.74, 6) is -0.623. The molecule has 1 aromatic carbocycles. The van der Waals surface area contributed by atoms with E-state index < -0.39 is 11.7 Å². The predicted octanol–water partition coefficient (Wildman–Crippen LogP) is 4.79. The average Bonchev–Trinajstić information content (AvgIpc) is 3.02. The lowest BCUT2D eigenvalue weighted by molar-refractivity contribution is 0.0446. The van der Waals surface area contributed by atoms with Crippen LogP contribution in [0.25, 0.3) is 0 Å². The molecule has 1 unspecified atom stereocenters. The van der Waals surface area contributed by atoms with Gasteiger partial charge in [0.15, 0.2) is 0 Å². The van der Waals surface area contributed by atoms with Crippen LogP contribution in [0.3, 0.4) is 0 Å². The maximum Gasteiger partial charge on any atom is 0.321 e. The quantitative estimate of drug-likeness (QED) is 0.708. The second-order valence-electron chi connectivity index (χ2n) is 7.38. The van der Waals surface area contributed by atoms with Gasteiger partial charge in [0.05, 0.1) is 23.6 Å². The van der Waals surface area contributed by atoms with Gasteiger partial charge < -0.3 is 24.7 Å². The number of carbonyl (C=O) groups excluding carboxylic acids is 2. The number of ether oxygens (including phenoxy) is 1. The third kappa shape index (κ3) is 5.60. The first-order valence-electron chi connectivity index (χ1n) is 10.3. The summed E-state index contributed by atoms with van der Waals surface area (Å²) >= 11 is 0. The molecule has 1 atom stereocenters. The monoisotopic (exact) mass is 417 g/mol. The van der Waals surface area contributed by atoms with Crippen LogP contribution < -0.4 is 10.6 Å². The highest BCUT2D eigenvalue weighted by Crippen LogP contribution is 2.22. The van der Waals surface area contributed by atoms with Crippen molar-refractivity contribution in [2.24, 2.45) is 0 Å².